The van der Waals surface area contributed by atoms with Gasteiger partial charge >= 0.3 is 0 Å². The fourth-order valence-electron chi connectivity index (χ4n) is 4.01. The van der Waals surface area contributed by atoms with Crippen LogP contribution in [0.25, 0.3) is 0 Å². The number of nitrogens with one attached hydrogen (secondary N) is 1. The van der Waals surface area contributed by atoms with E-state index >= 15 is 0 Å². The summed E-state index contributed by atoms with van der Waals surface area (Å²) in [6, 6.07) is 12.0. The number of rotatable bonds is 5. The van der Waals surface area contributed by atoms with Gasteiger partial charge in [-0.1, -0.05) is 24.3 Å². The molecule has 0 unspecified atom stereocenters. The topological polar surface area (TPSA) is 48.7 Å². The van der Waals surface area contributed by atoms with Crippen molar-refractivity contribution in [1.29, 1.82) is 0 Å². The maximum Gasteiger partial charge on any atom is 0.194 e. The summed E-state index contributed by atoms with van der Waals surface area (Å²) in [6.07, 6.45) is 3.80. The van der Waals surface area contributed by atoms with Gasteiger partial charge in [-0.3, -0.25) is 4.99 Å². The number of anilines is 1. The van der Waals surface area contributed by atoms with Crippen molar-refractivity contribution in [1.82, 2.24) is 19.8 Å². The smallest absolute Gasteiger partial charge is 0.194 e. The molecule has 176 valence electrons. The third-order valence-electron chi connectivity index (χ3n) is 5.76. The first kappa shape index (κ1) is 24.9. The van der Waals surface area contributed by atoms with Crippen molar-refractivity contribution in [3.05, 3.63) is 83.4 Å². The second-order valence-corrected chi connectivity index (χ2v) is 7.89. The fourth-order valence-corrected chi connectivity index (χ4v) is 4.01. The molecule has 0 spiro atoms. The average Bonchev–Trinajstić information content (AvgIpc) is 3.21. The Morgan fingerprint density at radius 3 is 2.52 bits per heavy atom. The van der Waals surface area contributed by atoms with Crippen molar-refractivity contribution in [3.8, 4) is 0 Å². The molecule has 0 bridgehead atoms. The molecule has 0 atom stereocenters. The van der Waals surface area contributed by atoms with Crippen LogP contribution >= 0.6 is 24.0 Å². The molecular formula is C24H29F2IN6. The number of aliphatic imine (C=N–C) groups is 1. The second-order valence-electron chi connectivity index (χ2n) is 7.89. The minimum Gasteiger partial charge on any atom is -0.366 e. The average molecular weight is 566 g/mol. The molecule has 1 N–H and O–H groups in total. The maximum absolute atomic E-state index is 14.1. The summed E-state index contributed by atoms with van der Waals surface area (Å²) in [5, 5.41) is 3.43. The van der Waals surface area contributed by atoms with Crippen LogP contribution in [0.2, 0.25) is 0 Å². The highest BCUT2D eigenvalue weighted by Gasteiger charge is 2.22. The van der Waals surface area contributed by atoms with Gasteiger partial charge in [-0.2, -0.15) is 0 Å². The molecule has 9 heteroatoms. The van der Waals surface area contributed by atoms with E-state index in [1.165, 1.54) is 23.3 Å². The molecule has 1 aromatic heterocycles. The number of guanidine groups is 1. The lowest BCUT2D eigenvalue weighted by molar-refractivity contribution is 0.370. The summed E-state index contributed by atoms with van der Waals surface area (Å²) in [6.45, 7) is 5.99. The van der Waals surface area contributed by atoms with Gasteiger partial charge in [0.25, 0.3) is 0 Å². The molecule has 2 heterocycles. The van der Waals surface area contributed by atoms with E-state index in [9.17, 15) is 8.78 Å². The van der Waals surface area contributed by atoms with Crippen LogP contribution in [0.4, 0.5) is 14.5 Å². The summed E-state index contributed by atoms with van der Waals surface area (Å²) in [5.74, 6) is 0.978. The van der Waals surface area contributed by atoms with Gasteiger partial charge in [0.15, 0.2) is 5.96 Å². The number of benzene rings is 2. The Bertz CT molecular complexity index is 1090. The van der Waals surface area contributed by atoms with Crippen LogP contribution in [0.5, 0.6) is 0 Å². The van der Waals surface area contributed by atoms with Crippen molar-refractivity contribution in [2.24, 2.45) is 4.99 Å². The second kappa shape index (κ2) is 11.4. The molecule has 0 aliphatic carbocycles. The zero-order valence-corrected chi connectivity index (χ0v) is 21.2. The lowest BCUT2D eigenvalue weighted by Crippen LogP contribution is -2.52. The van der Waals surface area contributed by atoms with Crippen LogP contribution in [0.3, 0.4) is 0 Å². The molecule has 1 fully saturated rings. The minimum absolute atomic E-state index is 0. The number of nitrogens with zero attached hydrogens (tertiary/aromatic N) is 5. The van der Waals surface area contributed by atoms with Gasteiger partial charge < -0.3 is 19.7 Å². The van der Waals surface area contributed by atoms with Crippen molar-refractivity contribution in [2.45, 2.75) is 20.0 Å². The molecule has 3 aromatic rings. The van der Waals surface area contributed by atoms with E-state index in [0.717, 1.165) is 24.4 Å². The molecule has 2 aromatic carbocycles. The zero-order chi connectivity index (χ0) is 22.5. The van der Waals surface area contributed by atoms with E-state index in [-0.39, 0.29) is 24.0 Å². The normalized spacial score (nSPS) is 14.2. The fraction of sp³-hybridized carbons (Fsp3) is 0.333. The molecular weight excluding hydrogens is 537 g/mol. The van der Waals surface area contributed by atoms with E-state index in [1.54, 1.807) is 7.05 Å². The summed E-state index contributed by atoms with van der Waals surface area (Å²) in [7, 11) is 1.76. The maximum atomic E-state index is 14.1. The van der Waals surface area contributed by atoms with Gasteiger partial charge in [-0.25, -0.2) is 13.8 Å². The highest BCUT2D eigenvalue weighted by atomic mass is 127. The minimum atomic E-state index is -0.424. The van der Waals surface area contributed by atoms with E-state index in [0.29, 0.717) is 38.4 Å². The van der Waals surface area contributed by atoms with Crippen LogP contribution < -0.4 is 10.2 Å². The molecule has 0 radical (unpaired) electrons. The van der Waals surface area contributed by atoms with Crippen LogP contribution in [-0.4, -0.2) is 53.6 Å². The first-order chi connectivity index (χ1) is 15.5. The lowest BCUT2D eigenvalue weighted by Gasteiger charge is -2.37. The Hall–Kier alpha value is -2.69. The largest absolute Gasteiger partial charge is 0.366 e. The van der Waals surface area contributed by atoms with Gasteiger partial charge in [0.1, 0.15) is 17.5 Å². The van der Waals surface area contributed by atoms with Crippen LogP contribution in [0, 0.1) is 18.6 Å². The molecule has 1 aliphatic rings. The molecule has 0 saturated carbocycles. The molecule has 1 aliphatic heterocycles. The van der Waals surface area contributed by atoms with E-state index in [4.69, 9.17) is 0 Å². The summed E-state index contributed by atoms with van der Waals surface area (Å²) in [5.41, 5.74) is 2.70. The van der Waals surface area contributed by atoms with Gasteiger partial charge in [0.2, 0.25) is 0 Å². The molecule has 6 nitrogen and oxygen atoms in total. The molecule has 4 rings (SSSR count). The number of hydrogen-bond acceptors (Lipinski definition) is 3. The zero-order valence-electron chi connectivity index (χ0n) is 18.8. The number of hydrogen-bond donors (Lipinski definition) is 1. The van der Waals surface area contributed by atoms with Gasteiger partial charge in [-0.15, -0.1) is 24.0 Å². The highest BCUT2D eigenvalue weighted by molar-refractivity contribution is 14.0. The summed E-state index contributed by atoms with van der Waals surface area (Å²) < 4.78 is 29.8. The molecule has 1 saturated heterocycles. The number of halogens is 3. The van der Waals surface area contributed by atoms with E-state index in [1.807, 2.05) is 24.2 Å². The summed E-state index contributed by atoms with van der Waals surface area (Å²) >= 11 is 0. The Labute approximate surface area is 210 Å². The van der Waals surface area contributed by atoms with Crippen LogP contribution in [0.15, 0.2) is 59.9 Å². The van der Waals surface area contributed by atoms with Crippen molar-refractivity contribution in [2.75, 3.05) is 38.1 Å². The highest BCUT2D eigenvalue weighted by Crippen LogP contribution is 2.22. The van der Waals surface area contributed by atoms with Crippen molar-refractivity contribution in [3.63, 3.8) is 0 Å². The number of piperazine rings is 1. The van der Waals surface area contributed by atoms with Gasteiger partial charge in [-0.05, 0) is 30.2 Å². The number of aromatic nitrogens is 2. The first-order valence-corrected chi connectivity index (χ1v) is 10.7. The van der Waals surface area contributed by atoms with Crippen molar-refractivity contribution >= 4 is 35.6 Å². The SMILES string of the molecule is CN=C(NCc1cccc(Cn2ccnc2C)c1)N1CCN(c2cc(F)ccc2F)CC1.I. The summed E-state index contributed by atoms with van der Waals surface area (Å²) in [4.78, 5) is 12.7. The van der Waals surface area contributed by atoms with Gasteiger partial charge in [0.05, 0.1) is 5.69 Å². The predicted octanol–water partition coefficient (Wildman–Crippen LogP) is 4.03. The van der Waals surface area contributed by atoms with E-state index < -0.39 is 11.6 Å². The number of aryl methyl sites for hydroxylation is 1. The quantitative estimate of drug-likeness (QED) is 0.288. The van der Waals surface area contributed by atoms with Crippen LogP contribution in [0.1, 0.15) is 17.0 Å². The Balaban J connectivity index is 0.00000306. The molecule has 33 heavy (non-hydrogen) atoms. The standard InChI is InChI=1S/C24H28F2N6.HI/c1-18-28-8-9-32(18)17-20-5-3-4-19(14-20)16-29-24(27-2)31-12-10-30(11-13-31)23-15-21(25)6-7-22(23)26;/h3-9,14-15H,10-13,16-17H2,1-2H3,(H,27,29);1H. The third-order valence-corrected chi connectivity index (χ3v) is 5.76. The van der Waals surface area contributed by atoms with Gasteiger partial charge in [0, 0.05) is 64.8 Å². The molecule has 0 amide bonds. The predicted molar refractivity (Wildman–Crippen MR) is 138 cm³/mol. The monoisotopic (exact) mass is 566 g/mol. The van der Waals surface area contributed by atoms with Crippen LogP contribution in [-0.2, 0) is 13.1 Å². The Kier molecular flexibility index (Phi) is 8.65. The third kappa shape index (κ3) is 6.21. The van der Waals surface area contributed by atoms with E-state index in [2.05, 4.69) is 49.0 Å². The van der Waals surface area contributed by atoms with Crippen molar-refractivity contribution < 1.29 is 8.78 Å². The number of imidazole rings is 1. The Morgan fingerprint density at radius 2 is 1.82 bits per heavy atom. The lowest BCUT2D eigenvalue weighted by atomic mass is 10.1. The first-order valence-electron chi connectivity index (χ1n) is 10.7. The Morgan fingerprint density at radius 1 is 1.06 bits per heavy atom.